The van der Waals surface area contributed by atoms with Gasteiger partial charge >= 0.3 is 5.97 Å². The summed E-state index contributed by atoms with van der Waals surface area (Å²) < 4.78 is 11.8. The third kappa shape index (κ3) is 2.94. The lowest BCUT2D eigenvalue weighted by atomic mass is 10.2. The number of hydrogen-bond acceptors (Lipinski definition) is 5. The van der Waals surface area contributed by atoms with Gasteiger partial charge in [0.15, 0.2) is 0 Å². The zero-order valence-corrected chi connectivity index (χ0v) is 13.1. The topological polar surface area (TPSA) is 69.3 Å². The molecule has 2 aromatic rings. The Hall–Kier alpha value is -2.24. The number of ether oxygens (including phenoxy) is 1. The van der Waals surface area contributed by atoms with Gasteiger partial charge < -0.3 is 14.5 Å². The fraction of sp³-hybridized carbons (Fsp3) is 0.467. The predicted octanol–water partition coefficient (Wildman–Crippen LogP) is 3.07. The van der Waals surface area contributed by atoms with Crippen LogP contribution in [0.2, 0.25) is 0 Å². The number of nitrogens with zero attached hydrogens (tertiary/aromatic N) is 2. The molecule has 0 atom stereocenters. The molecule has 0 radical (unpaired) electrons. The molecule has 0 aromatic carbocycles. The zero-order chi connectivity index (χ0) is 15.6. The van der Waals surface area contributed by atoms with Crippen molar-refractivity contribution in [1.82, 2.24) is 9.78 Å². The normalized spacial score (nSPS) is 11.0. The van der Waals surface area contributed by atoms with E-state index in [1.807, 2.05) is 18.5 Å². The summed E-state index contributed by atoms with van der Waals surface area (Å²) in [6.45, 7) is 8.65. The maximum atomic E-state index is 11.6. The fourth-order valence-corrected chi connectivity index (χ4v) is 2.35. The lowest BCUT2D eigenvalue weighted by Gasteiger charge is -2.10. The highest BCUT2D eigenvalue weighted by Gasteiger charge is 2.17. The van der Waals surface area contributed by atoms with E-state index in [0.717, 1.165) is 22.6 Å². The first-order valence-corrected chi connectivity index (χ1v) is 6.90. The van der Waals surface area contributed by atoms with Crippen LogP contribution in [0.4, 0.5) is 5.69 Å². The maximum absolute atomic E-state index is 11.6. The lowest BCUT2D eigenvalue weighted by molar-refractivity contribution is 0.0563. The Morgan fingerprint density at radius 3 is 2.76 bits per heavy atom. The summed E-state index contributed by atoms with van der Waals surface area (Å²) in [5.41, 5.74) is 3.76. The van der Waals surface area contributed by atoms with E-state index in [4.69, 9.17) is 9.15 Å². The monoisotopic (exact) mass is 291 g/mol. The van der Waals surface area contributed by atoms with Crippen molar-refractivity contribution in [3.8, 4) is 0 Å². The summed E-state index contributed by atoms with van der Waals surface area (Å²) in [6, 6.07) is 2.07. The highest BCUT2D eigenvalue weighted by molar-refractivity contribution is 5.87. The van der Waals surface area contributed by atoms with E-state index in [0.29, 0.717) is 12.6 Å². The quantitative estimate of drug-likeness (QED) is 0.857. The molecule has 0 aliphatic carbocycles. The van der Waals surface area contributed by atoms with Crippen molar-refractivity contribution in [3.63, 3.8) is 0 Å². The van der Waals surface area contributed by atoms with E-state index in [1.165, 1.54) is 13.4 Å². The van der Waals surface area contributed by atoms with Gasteiger partial charge in [0.05, 0.1) is 30.4 Å². The minimum Gasteiger partial charge on any atom is -0.463 e. The average Bonchev–Trinajstić information content (AvgIpc) is 3.01. The van der Waals surface area contributed by atoms with Crippen molar-refractivity contribution in [3.05, 3.63) is 35.0 Å². The third-order valence-corrected chi connectivity index (χ3v) is 3.39. The van der Waals surface area contributed by atoms with Crippen LogP contribution in [-0.2, 0) is 11.3 Å². The third-order valence-electron chi connectivity index (χ3n) is 3.39. The zero-order valence-electron chi connectivity index (χ0n) is 13.1. The van der Waals surface area contributed by atoms with Crippen LogP contribution >= 0.6 is 0 Å². The number of carbonyl (C=O) groups is 1. The molecule has 114 valence electrons. The van der Waals surface area contributed by atoms with Gasteiger partial charge in [0.25, 0.3) is 0 Å². The number of anilines is 1. The Kier molecular flexibility index (Phi) is 4.35. The Balaban J connectivity index is 2.18. The molecule has 0 fully saturated rings. The number of furan rings is 1. The minimum atomic E-state index is -0.469. The first-order chi connectivity index (χ1) is 9.95. The van der Waals surface area contributed by atoms with Crippen LogP contribution in [-0.4, -0.2) is 22.9 Å². The van der Waals surface area contributed by atoms with Crippen LogP contribution in [0.3, 0.4) is 0 Å². The van der Waals surface area contributed by atoms with Crippen LogP contribution in [0.25, 0.3) is 0 Å². The van der Waals surface area contributed by atoms with Crippen LogP contribution in [0.15, 0.2) is 16.7 Å². The average molecular weight is 291 g/mol. The second kappa shape index (κ2) is 6.03. The summed E-state index contributed by atoms with van der Waals surface area (Å²) >= 11 is 0. The standard InChI is InChI=1S/C15H21N3O3/c1-9(2)18-11(4)13(10(3)17-18)16-8-12-6-7-21-14(12)15(19)20-5/h6-7,9,16H,8H2,1-5H3. The molecule has 2 heterocycles. The highest BCUT2D eigenvalue weighted by Crippen LogP contribution is 2.23. The predicted molar refractivity (Wildman–Crippen MR) is 79.5 cm³/mol. The number of aryl methyl sites for hydroxylation is 1. The number of esters is 1. The molecule has 0 saturated heterocycles. The number of hydrogen-bond donors (Lipinski definition) is 1. The fourth-order valence-electron chi connectivity index (χ4n) is 2.35. The van der Waals surface area contributed by atoms with Crippen LogP contribution in [0.5, 0.6) is 0 Å². The molecule has 0 bridgehead atoms. The molecular weight excluding hydrogens is 270 g/mol. The van der Waals surface area contributed by atoms with Gasteiger partial charge in [-0.25, -0.2) is 4.79 Å². The van der Waals surface area contributed by atoms with Gasteiger partial charge in [-0.3, -0.25) is 4.68 Å². The Morgan fingerprint density at radius 1 is 1.48 bits per heavy atom. The molecular formula is C15H21N3O3. The van der Waals surface area contributed by atoms with Gasteiger partial charge in [0.2, 0.25) is 5.76 Å². The van der Waals surface area contributed by atoms with Crippen molar-refractivity contribution >= 4 is 11.7 Å². The molecule has 21 heavy (non-hydrogen) atoms. The van der Waals surface area contributed by atoms with Gasteiger partial charge in [-0.2, -0.15) is 5.10 Å². The van der Waals surface area contributed by atoms with Crippen molar-refractivity contribution in [2.75, 3.05) is 12.4 Å². The minimum absolute atomic E-state index is 0.233. The smallest absolute Gasteiger partial charge is 0.374 e. The first kappa shape index (κ1) is 15.2. The molecule has 0 spiro atoms. The maximum Gasteiger partial charge on any atom is 0.374 e. The molecule has 0 saturated carbocycles. The van der Waals surface area contributed by atoms with Crippen LogP contribution in [0.1, 0.15) is 47.4 Å². The summed E-state index contributed by atoms with van der Waals surface area (Å²) in [4.78, 5) is 11.6. The van der Waals surface area contributed by atoms with Gasteiger partial charge in [0.1, 0.15) is 0 Å². The molecule has 0 unspecified atom stereocenters. The Bertz CT molecular complexity index is 641. The molecule has 0 amide bonds. The lowest BCUT2D eigenvalue weighted by Crippen LogP contribution is -2.08. The number of nitrogens with one attached hydrogen (secondary N) is 1. The second-order valence-corrected chi connectivity index (χ2v) is 5.20. The van der Waals surface area contributed by atoms with Crippen molar-refractivity contribution in [1.29, 1.82) is 0 Å². The molecule has 2 rings (SSSR count). The van der Waals surface area contributed by atoms with E-state index in [9.17, 15) is 4.79 Å². The molecule has 0 aliphatic heterocycles. The van der Waals surface area contributed by atoms with E-state index >= 15 is 0 Å². The van der Waals surface area contributed by atoms with Gasteiger partial charge in [0, 0.05) is 18.2 Å². The number of rotatable bonds is 5. The molecule has 6 heteroatoms. The summed E-state index contributed by atoms with van der Waals surface area (Å²) in [5, 5.41) is 7.85. The number of methoxy groups -OCH3 is 1. The van der Waals surface area contributed by atoms with Crippen molar-refractivity contribution < 1.29 is 13.9 Å². The highest BCUT2D eigenvalue weighted by atomic mass is 16.5. The van der Waals surface area contributed by atoms with Crippen LogP contribution < -0.4 is 5.32 Å². The summed E-state index contributed by atoms with van der Waals surface area (Å²) in [7, 11) is 1.34. The first-order valence-electron chi connectivity index (χ1n) is 6.90. The Labute approximate surface area is 124 Å². The second-order valence-electron chi connectivity index (χ2n) is 5.20. The SMILES string of the molecule is COC(=O)c1occc1CNc1c(C)nn(C(C)C)c1C. The molecule has 1 N–H and O–H groups in total. The molecule has 2 aromatic heterocycles. The molecule has 0 aliphatic rings. The van der Waals surface area contributed by atoms with Crippen molar-refractivity contribution in [2.45, 2.75) is 40.3 Å². The number of aromatic nitrogens is 2. The van der Waals surface area contributed by atoms with E-state index in [2.05, 4.69) is 24.3 Å². The van der Waals surface area contributed by atoms with Gasteiger partial charge in [-0.05, 0) is 33.8 Å². The Morgan fingerprint density at radius 2 is 2.19 bits per heavy atom. The van der Waals surface area contributed by atoms with Gasteiger partial charge in [-0.15, -0.1) is 0 Å². The summed E-state index contributed by atoms with van der Waals surface area (Å²) in [5.74, 6) is -0.236. The van der Waals surface area contributed by atoms with E-state index in [-0.39, 0.29) is 5.76 Å². The largest absolute Gasteiger partial charge is 0.463 e. The van der Waals surface area contributed by atoms with Crippen LogP contribution in [0, 0.1) is 13.8 Å². The van der Waals surface area contributed by atoms with E-state index < -0.39 is 5.97 Å². The van der Waals surface area contributed by atoms with Crippen molar-refractivity contribution in [2.24, 2.45) is 0 Å². The van der Waals surface area contributed by atoms with Gasteiger partial charge in [-0.1, -0.05) is 0 Å². The summed E-state index contributed by atoms with van der Waals surface area (Å²) in [6.07, 6.45) is 1.49. The number of carbonyl (C=O) groups excluding carboxylic acids is 1. The molecule has 6 nitrogen and oxygen atoms in total. The van der Waals surface area contributed by atoms with E-state index in [1.54, 1.807) is 6.07 Å².